The molecule has 6 heteroatoms. The number of nitrogens with zero attached hydrogens (tertiary/aromatic N) is 5. The molecule has 6 nitrogen and oxygen atoms in total. The summed E-state index contributed by atoms with van der Waals surface area (Å²) in [4.78, 5) is 13.0. The maximum atomic E-state index is 4.64. The van der Waals surface area contributed by atoms with Crippen LogP contribution in [0.15, 0.2) is 79.5 Å². The fraction of sp³-hybridized carbons (Fsp3) is 0.143. The zero-order chi connectivity index (χ0) is 18.5. The highest BCUT2D eigenvalue weighted by Crippen LogP contribution is 2.19. The van der Waals surface area contributed by atoms with Gasteiger partial charge >= 0.3 is 0 Å². The molecule has 4 rings (SSSR count). The van der Waals surface area contributed by atoms with E-state index in [0.717, 1.165) is 23.4 Å². The van der Waals surface area contributed by atoms with Gasteiger partial charge in [-0.05, 0) is 49.2 Å². The van der Waals surface area contributed by atoms with Gasteiger partial charge in [0.25, 0.3) is 0 Å². The van der Waals surface area contributed by atoms with Crippen molar-refractivity contribution >= 4 is 5.95 Å². The molecule has 0 amide bonds. The second-order valence-corrected chi connectivity index (χ2v) is 6.38. The van der Waals surface area contributed by atoms with E-state index in [-0.39, 0.29) is 6.04 Å². The van der Waals surface area contributed by atoms with Gasteiger partial charge in [-0.1, -0.05) is 18.2 Å². The number of hydrogen-bond acceptors (Lipinski definition) is 5. The van der Waals surface area contributed by atoms with Crippen LogP contribution in [0.25, 0.3) is 16.9 Å². The molecule has 1 atom stereocenters. The van der Waals surface area contributed by atoms with E-state index in [0.29, 0.717) is 5.95 Å². The van der Waals surface area contributed by atoms with Crippen molar-refractivity contribution < 1.29 is 0 Å². The van der Waals surface area contributed by atoms with E-state index in [2.05, 4.69) is 32.3 Å². The van der Waals surface area contributed by atoms with Gasteiger partial charge in [0, 0.05) is 36.4 Å². The Morgan fingerprint density at radius 1 is 1.00 bits per heavy atom. The molecule has 0 aliphatic heterocycles. The quantitative estimate of drug-likeness (QED) is 0.569. The minimum absolute atomic E-state index is 0.203. The molecule has 1 unspecified atom stereocenters. The van der Waals surface area contributed by atoms with Crippen molar-refractivity contribution in [2.75, 3.05) is 5.32 Å². The number of rotatable bonds is 6. The van der Waals surface area contributed by atoms with Crippen LogP contribution in [0.2, 0.25) is 0 Å². The van der Waals surface area contributed by atoms with Crippen LogP contribution >= 0.6 is 0 Å². The van der Waals surface area contributed by atoms with E-state index in [1.165, 1.54) is 5.56 Å². The van der Waals surface area contributed by atoms with Crippen molar-refractivity contribution in [1.29, 1.82) is 0 Å². The Hall–Kier alpha value is -3.54. The number of pyridine rings is 1. The molecule has 0 aliphatic carbocycles. The van der Waals surface area contributed by atoms with Crippen LogP contribution < -0.4 is 5.32 Å². The highest BCUT2D eigenvalue weighted by Gasteiger charge is 2.09. The molecule has 0 fully saturated rings. The Labute approximate surface area is 158 Å². The molecule has 0 saturated carbocycles. The minimum atomic E-state index is 0.203. The number of para-hydroxylation sites is 1. The van der Waals surface area contributed by atoms with Crippen LogP contribution in [0.5, 0.6) is 0 Å². The molecule has 1 N–H and O–H groups in total. The van der Waals surface area contributed by atoms with Gasteiger partial charge < -0.3 is 5.32 Å². The Morgan fingerprint density at radius 3 is 2.63 bits per heavy atom. The van der Waals surface area contributed by atoms with Crippen LogP contribution in [0, 0.1) is 0 Å². The van der Waals surface area contributed by atoms with Crippen molar-refractivity contribution in [3.63, 3.8) is 0 Å². The zero-order valence-electron chi connectivity index (χ0n) is 15.0. The smallest absolute Gasteiger partial charge is 0.223 e. The second kappa shape index (κ2) is 7.78. The Balaban J connectivity index is 1.49. The van der Waals surface area contributed by atoms with E-state index in [1.54, 1.807) is 6.20 Å². The lowest BCUT2D eigenvalue weighted by Crippen LogP contribution is -2.19. The summed E-state index contributed by atoms with van der Waals surface area (Å²) in [7, 11) is 0. The van der Waals surface area contributed by atoms with Crippen LogP contribution in [0.3, 0.4) is 0 Å². The highest BCUT2D eigenvalue weighted by atomic mass is 15.3. The van der Waals surface area contributed by atoms with Gasteiger partial charge in [0.15, 0.2) is 0 Å². The zero-order valence-corrected chi connectivity index (χ0v) is 15.0. The van der Waals surface area contributed by atoms with Crippen molar-refractivity contribution in [3.8, 4) is 16.9 Å². The molecule has 27 heavy (non-hydrogen) atoms. The molecular formula is C21H20N6. The fourth-order valence-electron chi connectivity index (χ4n) is 2.91. The lowest BCUT2D eigenvalue weighted by atomic mass is 10.1. The summed E-state index contributed by atoms with van der Waals surface area (Å²) in [5.74, 6) is 0.613. The SMILES string of the molecule is CC(Cc1ccncc1)Nc1nccc(-c2cnn(-c3ccccc3)c2)n1. The third-order valence-corrected chi connectivity index (χ3v) is 4.22. The monoisotopic (exact) mass is 356 g/mol. The van der Waals surface area contributed by atoms with Crippen LogP contribution in [0.4, 0.5) is 5.95 Å². The van der Waals surface area contributed by atoms with Crippen LogP contribution in [0.1, 0.15) is 12.5 Å². The third-order valence-electron chi connectivity index (χ3n) is 4.22. The maximum absolute atomic E-state index is 4.64. The number of benzene rings is 1. The first-order chi connectivity index (χ1) is 13.3. The van der Waals surface area contributed by atoms with Gasteiger partial charge in [0.05, 0.1) is 17.6 Å². The standard InChI is InChI=1S/C21H20N6/c1-16(13-17-7-10-22-11-8-17)25-21-23-12-9-20(26-21)18-14-24-27(15-18)19-5-3-2-4-6-19/h2-12,14-16H,13H2,1H3,(H,23,25,26). The van der Waals surface area contributed by atoms with Crippen molar-refractivity contribution in [3.05, 3.63) is 85.1 Å². The van der Waals surface area contributed by atoms with Crippen molar-refractivity contribution in [2.24, 2.45) is 0 Å². The maximum Gasteiger partial charge on any atom is 0.223 e. The highest BCUT2D eigenvalue weighted by molar-refractivity contribution is 5.58. The molecule has 0 saturated heterocycles. The van der Waals surface area contributed by atoms with Crippen LogP contribution in [-0.4, -0.2) is 30.8 Å². The van der Waals surface area contributed by atoms with E-state index in [4.69, 9.17) is 0 Å². The van der Waals surface area contributed by atoms with Gasteiger partial charge in [-0.3, -0.25) is 4.98 Å². The topological polar surface area (TPSA) is 68.5 Å². The fourth-order valence-corrected chi connectivity index (χ4v) is 2.91. The molecule has 0 radical (unpaired) electrons. The molecule has 1 aromatic carbocycles. The number of nitrogens with one attached hydrogen (secondary N) is 1. The normalized spacial score (nSPS) is 11.9. The van der Waals surface area contributed by atoms with E-state index in [9.17, 15) is 0 Å². The Kier molecular flexibility index (Phi) is 4.87. The first-order valence-electron chi connectivity index (χ1n) is 8.87. The first-order valence-corrected chi connectivity index (χ1v) is 8.87. The second-order valence-electron chi connectivity index (χ2n) is 6.38. The molecule has 4 aromatic rings. The summed E-state index contributed by atoms with van der Waals surface area (Å²) in [6.07, 6.45) is 10.1. The predicted molar refractivity (Wildman–Crippen MR) is 106 cm³/mol. The number of hydrogen-bond donors (Lipinski definition) is 1. The van der Waals surface area contributed by atoms with Gasteiger partial charge in [0.1, 0.15) is 0 Å². The van der Waals surface area contributed by atoms with E-state index < -0.39 is 0 Å². The molecule has 134 valence electrons. The Bertz CT molecular complexity index is 997. The van der Waals surface area contributed by atoms with Gasteiger partial charge in [-0.15, -0.1) is 0 Å². The molecule has 0 spiro atoms. The largest absolute Gasteiger partial charge is 0.351 e. The summed E-state index contributed by atoms with van der Waals surface area (Å²) < 4.78 is 1.84. The average Bonchev–Trinajstić information content (AvgIpc) is 3.20. The third kappa shape index (κ3) is 4.17. The van der Waals surface area contributed by atoms with Crippen molar-refractivity contribution in [1.82, 2.24) is 24.7 Å². The van der Waals surface area contributed by atoms with Crippen LogP contribution in [-0.2, 0) is 6.42 Å². The minimum Gasteiger partial charge on any atom is -0.351 e. The Morgan fingerprint density at radius 2 is 1.81 bits per heavy atom. The lowest BCUT2D eigenvalue weighted by Gasteiger charge is -2.14. The molecule has 0 aliphatic rings. The van der Waals surface area contributed by atoms with E-state index in [1.807, 2.05) is 78.0 Å². The summed E-state index contributed by atoms with van der Waals surface area (Å²) in [5, 5.41) is 7.81. The molecular weight excluding hydrogens is 336 g/mol. The average molecular weight is 356 g/mol. The van der Waals surface area contributed by atoms with Gasteiger partial charge in [-0.25, -0.2) is 14.6 Å². The summed E-state index contributed by atoms with van der Waals surface area (Å²) >= 11 is 0. The predicted octanol–water partition coefficient (Wildman–Crippen LogP) is 3.77. The number of aromatic nitrogens is 5. The summed E-state index contributed by atoms with van der Waals surface area (Å²) in [5.41, 5.74) is 4.03. The molecule has 0 bridgehead atoms. The van der Waals surface area contributed by atoms with Crippen molar-refractivity contribution in [2.45, 2.75) is 19.4 Å². The molecule has 3 aromatic heterocycles. The summed E-state index contributed by atoms with van der Waals surface area (Å²) in [6, 6.07) is 16.2. The number of anilines is 1. The van der Waals surface area contributed by atoms with Gasteiger partial charge in [0.2, 0.25) is 5.95 Å². The lowest BCUT2D eigenvalue weighted by molar-refractivity contribution is 0.776. The van der Waals surface area contributed by atoms with Gasteiger partial charge in [-0.2, -0.15) is 5.10 Å². The first kappa shape index (κ1) is 16.9. The van der Waals surface area contributed by atoms with E-state index >= 15 is 0 Å². The summed E-state index contributed by atoms with van der Waals surface area (Å²) in [6.45, 7) is 2.11. The molecule has 3 heterocycles.